The first-order valence-electron chi connectivity index (χ1n) is 2.29. The van der Waals surface area contributed by atoms with Gasteiger partial charge in [-0.15, -0.1) is 0 Å². The molecule has 0 aromatic heterocycles. The van der Waals surface area contributed by atoms with Gasteiger partial charge >= 0.3 is 51.4 Å². The van der Waals surface area contributed by atoms with Gasteiger partial charge in [0.25, 0.3) is 0 Å². The van der Waals surface area contributed by atoms with Gasteiger partial charge in [0, 0.05) is 12.8 Å². The van der Waals surface area contributed by atoms with Gasteiger partial charge in [-0.05, 0) is 6.42 Å². The van der Waals surface area contributed by atoms with Crippen LogP contribution in [-0.4, -0.2) is 12.6 Å². The third-order valence-corrected chi connectivity index (χ3v) is 0.644. The van der Waals surface area contributed by atoms with E-state index in [-0.39, 0.29) is 68.4 Å². The van der Waals surface area contributed by atoms with E-state index in [9.17, 15) is 9.59 Å². The largest absolute Gasteiger partial charge is 1.00 e. The number of carbonyl (C=O) groups excluding carboxylic acids is 2. The molecule has 0 aliphatic heterocycles. The first-order valence-corrected chi connectivity index (χ1v) is 2.29. The van der Waals surface area contributed by atoms with E-state index >= 15 is 0 Å². The van der Waals surface area contributed by atoms with E-state index in [0.29, 0.717) is 19.3 Å². The maximum absolute atomic E-state index is 9.56. The van der Waals surface area contributed by atoms with Crippen LogP contribution in [0.2, 0.25) is 0 Å². The Hall–Kier alpha value is 1.46. The SMILES string of the molecule is O=CCCCC=O.[Br-].[K+]. The van der Waals surface area contributed by atoms with Crippen LogP contribution in [0.25, 0.3) is 0 Å². The van der Waals surface area contributed by atoms with Gasteiger partial charge < -0.3 is 26.6 Å². The molecule has 4 heteroatoms. The molecule has 0 bridgehead atoms. The average Bonchev–Trinajstić information content (AvgIpc) is 1.69. The minimum atomic E-state index is 0. The van der Waals surface area contributed by atoms with Crippen LogP contribution in [0.4, 0.5) is 0 Å². The monoisotopic (exact) mass is 218 g/mol. The van der Waals surface area contributed by atoms with Gasteiger partial charge in [0.15, 0.2) is 0 Å². The van der Waals surface area contributed by atoms with Crippen LogP contribution >= 0.6 is 0 Å². The minimum absolute atomic E-state index is 0. The summed E-state index contributed by atoms with van der Waals surface area (Å²) in [5.41, 5.74) is 0. The maximum Gasteiger partial charge on any atom is 1.00 e. The second-order valence-corrected chi connectivity index (χ2v) is 1.26. The van der Waals surface area contributed by atoms with E-state index in [1.54, 1.807) is 0 Å². The number of hydrogen-bond acceptors (Lipinski definition) is 2. The van der Waals surface area contributed by atoms with Crippen molar-refractivity contribution in [3.63, 3.8) is 0 Å². The fourth-order valence-electron chi connectivity index (χ4n) is 0.285. The predicted molar refractivity (Wildman–Crippen MR) is 26.0 cm³/mol. The minimum Gasteiger partial charge on any atom is -1.00 e. The Bertz CT molecular complexity index is 60.0. The normalized spacial score (nSPS) is 6.22. The summed E-state index contributed by atoms with van der Waals surface area (Å²) in [5, 5.41) is 0. The van der Waals surface area contributed by atoms with Gasteiger partial charge in [-0.25, -0.2) is 0 Å². The van der Waals surface area contributed by atoms with Crippen molar-refractivity contribution in [1.82, 2.24) is 0 Å². The third-order valence-electron chi connectivity index (χ3n) is 0.644. The van der Waals surface area contributed by atoms with Crippen molar-refractivity contribution in [2.24, 2.45) is 0 Å². The summed E-state index contributed by atoms with van der Waals surface area (Å²) in [6, 6.07) is 0. The molecule has 0 N–H and O–H groups in total. The van der Waals surface area contributed by atoms with Gasteiger partial charge in [-0.3, -0.25) is 0 Å². The second-order valence-electron chi connectivity index (χ2n) is 1.26. The van der Waals surface area contributed by atoms with Crippen LogP contribution in [0.5, 0.6) is 0 Å². The number of carbonyl (C=O) groups is 2. The van der Waals surface area contributed by atoms with Crippen LogP contribution < -0.4 is 68.4 Å². The summed E-state index contributed by atoms with van der Waals surface area (Å²) in [4.78, 5) is 19.1. The van der Waals surface area contributed by atoms with Crippen LogP contribution in [-0.2, 0) is 9.59 Å². The maximum atomic E-state index is 9.56. The Kier molecular flexibility index (Phi) is 30.3. The number of rotatable bonds is 4. The molecule has 0 aliphatic rings. The third kappa shape index (κ3) is 17.7. The molecule has 0 fully saturated rings. The average molecular weight is 219 g/mol. The molecule has 0 heterocycles. The smallest absolute Gasteiger partial charge is 1.00 e. The number of halogens is 1. The van der Waals surface area contributed by atoms with Crippen molar-refractivity contribution in [2.75, 3.05) is 0 Å². The zero-order valence-electron chi connectivity index (χ0n) is 5.47. The van der Waals surface area contributed by atoms with Crippen molar-refractivity contribution in [3.05, 3.63) is 0 Å². The van der Waals surface area contributed by atoms with E-state index in [2.05, 4.69) is 0 Å². The summed E-state index contributed by atoms with van der Waals surface area (Å²) in [6.45, 7) is 0. The summed E-state index contributed by atoms with van der Waals surface area (Å²) >= 11 is 0. The number of aldehydes is 2. The van der Waals surface area contributed by atoms with Gasteiger partial charge in [-0.1, -0.05) is 0 Å². The van der Waals surface area contributed by atoms with Gasteiger partial charge in [-0.2, -0.15) is 0 Å². The molecule has 0 spiro atoms. The summed E-state index contributed by atoms with van der Waals surface area (Å²) in [5.74, 6) is 0. The topological polar surface area (TPSA) is 34.1 Å². The molecule has 2 nitrogen and oxygen atoms in total. The van der Waals surface area contributed by atoms with E-state index in [1.165, 1.54) is 0 Å². The second kappa shape index (κ2) is 16.2. The Morgan fingerprint density at radius 3 is 1.56 bits per heavy atom. The summed E-state index contributed by atoms with van der Waals surface area (Å²) in [6.07, 6.45) is 3.37. The zero-order valence-corrected chi connectivity index (χ0v) is 10.2. The molecule has 0 rings (SSSR count). The molecule has 0 saturated carbocycles. The fraction of sp³-hybridized carbons (Fsp3) is 0.600. The van der Waals surface area contributed by atoms with Gasteiger partial charge in [0.05, 0.1) is 0 Å². The van der Waals surface area contributed by atoms with Crippen molar-refractivity contribution in [3.8, 4) is 0 Å². The Balaban J connectivity index is -0.000000180. The molecular weight excluding hydrogens is 211 g/mol. The first-order chi connectivity index (χ1) is 3.41. The number of hydrogen-bond donors (Lipinski definition) is 0. The Morgan fingerprint density at radius 1 is 1.00 bits per heavy atom. The van der Waals surface area contributed by atoms with E-state index in [0.717, 1.165) is 12.6 Å². The van der Waals surface area contributed by atoms with Crippen molar-refractivity contribution >= 4 is 12.6 Å². The molecule has 0 atom stereocenters. The van der Waals surface area contributed by atoms with Crippen LogP contribution in [0.15, 0.2) is 0 Å². The van der Waals surface area contributed by atoms with Gasteiger partial charge in [0.2, 0.25) is 0 Å². The van der Waals surface area contributed by atoms with E-state index in [4.69, 9.17) is 0 Å². The Labute approximate surface area is 108 Å². The van der Waals surface area contributed by atoms with Gasteiger partial charge in [0.1, 0.15) is 12.6 Å². The van der Waals surface area contributed by atoms with Crippen molar-refractivity contribution < 1.29 is 78.0 Å². The molecule has 0 saturated heterocycles. The van der Waals surface area contributed by atoms with Crippen LogP contribution in [0.3, 0.4) is 0 Å². The molecular formula is C5H8BrKO2. The molecule has 9 heavy (non-hydrogen) atoms. The quantitative estimate of drug-likeness (QED) is 0.269. The number of unbranched alkanes of at least 4 members (excludes halogenated alkanes) is 2. The standard InChI is InChI=1S/C5H8O2.BrH.K/c6-4-2-1-3-5-7;;/h4-5H,1-3H2;1H;/q;;+1/p-1. The summed E-state index contributed by atoms with van der Waals surface area (Å²) < 4.78 is 0. The molecule has 0 aromatic rings. The molecule has 48 valence electrons. The molecule has 0 amide bonds. The fourth-order valence-corrected chi connectivity index (χ4v) is 0.285. The zero-order chi connectivity index (χ0) is 5.54. The van der Waals surface area contributed by atoms with Crippen molar-refractivity contribution in [2.45, 2.75) is 19.3 Å². The molecule has 0 unspecified atom stereocenters. The first kappa shape index (κ1) is 16.8. The predicted octanol–water partition coefficient (Wildman–Crippen LogP) is -5.44. The van der Waals surface area contributed by atoms with Crippen LogP contribution in [0, 0.1) is 0 Å². The van der Waals surface area contributed by atoms with Crippen LogP contribution in [0.1, 0.15) is 19.3 Å². The Morgan fingerprint density at radius 2 is 1.33 bits per heavy atom. The van der Waals surface area contributed by atoms with E-state index in [1.807, 2.05) is 0 Å². The van der Waals surface area contributed by atoms with E-state index < -0.39 is 0 Å². The summed E-state index contributed by atoms with van der Waals surface area (Å²) in [7, 11) is 0. The molecule has 0 aliphatic carbocycles. The van der Waals surface area contributed by atoms with Crippen molar-refractivity contribution in [1.29, 1.82) is 0 Å². The molecule has 0 radical (unpaired) electrons. The molecule has 0 aromatic carbocycles.